The Morgan fingerprint density at radius 1 is 0.571 bits per heavy atom. The Morgan fingerprint density at radius 2 is 1.07 bits per heavy atom. The number of hydrogen-bond acceptors (Lipinski definition) is 0. The zero-order valence-electron chi connectivity index (χ0n) is 9.97. The SMILES string of the molecule is CC1CCCC2CCCC2CCC1C. The van der Waals surface area contributed by atoms with Gasteiger partial charge in [-0.2, -0.15) is 0 Å². The maximum atomic E-state index is 2.47. The Balaban J connectivity index is 1.93. The minimum atomic E-state index is 0.980. The Kier molecular flexibility index (Phi) is 3.52. The van der Waals surface area contributed by atoms with E-state index in [1.807, 2.05) is 0 Å². The average Bonchev–Trinajstić information content (AvgIpc) is 2.61. The summed E-state index contributed by atoms with van der Waals surface area (Å²) in [5.74, 6) is 4.19. The molecule has 0 aromatic heterocycles. The molecule has 2 rings (SSSR count). The fraction of sp³-hybridized carbons (Fsp3) is 1.00. The van der Waals surface area contributed by atoms with E-state index in [0.717, 1.165) is 23.7 Å². The van der Waals surface area contributed by atoms with E-state index in [9.17, 15) is 0 Å². The van der Waals surface area contributed by atoms with Crippen LogP contribution in [0.25, 0.3) is 0 Å². The number of hydrogen-bond donors (Lipinski definition) is 0. The van der Waals surface area contributed by atoms with Crippen molar-refractivity contribution in [2.45, 2.75) is 65.2 Å². The van der Waals surface area contributed by atoms with Crippen LogP contribution in [0.15, 0.2) is 0 Å². The molecule has 2 aliphatic carbocycles. The van der Waals surface area contributed by atoms with Gasteiger partial charge in [0.15, 0.2) is 0 Å². The summed E-state index contributed by atoms with van der Waals surface area (Å²) in [5, 5.41) is 0. The van der Waals surface area contributed by atoms with Crippen LogP contribution in [0.4, 0.5) is 0 Å². The highest BCUT2D eigenvalue weighted by atomic mass is 14.3. The highest BCUT2D eigenvalue weighted by Crippen LogP contribution is 2.41. The molecule has 0 saturated heterocycles. The lowest BCUT2D eigenvalue weighted by molar-refractivity contribution is 0.311. The highest BCUT2D eigenvalue weighted by molar-refractivity contribution is 4.80. The summed E-state index contributed by atoms with van der Waals surface area (Å²) >= 11 is 0. The molecule has 82 valence electrons. The molecule has 0 amide bonds. The second kappa shape index (κ2) is 4.68. The Morgan fingerprint density at radius 3 is 1.79 bits per heavy atom. The fourth-order valence-electron chi connectivity index (χ4n) is 3.62. The molecule has 0 aromatic carbocycles. The van der Waals surface area contributed by atoms with Gasteiger partial charge in [0, 0.05) is 0 Å². The van der Waals surface area contributed by atoms with E-state index in [-0.39, 0.29) is 0 Å². The van der Waals surface area contributed by atoms with Gasteiger partial charge < -0.3 is 0 Å². The van der Waals surface area contributed by atoms with E-state index in [4.69, 9.17) is 0 Å². The van der Waals surface area contributed by atoms with Gasteiger partial charge in [0.25, 0.3) is 0 Å². The summed E-state index contributed by atoms with van der Waals surface area (Å²) in [7, 11) is 0. The first-order chi connectivity index (χ1) is 6.77. The fourth-order valence-corrected chi connectivity index (χ4v) is 3.62. The first-order valence-electron chi connectivity index (χ1n) is 6.77. The number of rotatable bonds is 0. The quantitative estimate of drug-likeness (QED) is 0.527. The van der Waals surface area contributed by atoms with E-state index in [0.29, 0.717) is 0 Å². The zero-order chi connectivity index (χ0) is 9.97. The second-order valence-electron chi connectivity index (χ2n) is 5.91. The zero-order valence-corrected chi connectivity index (χ0v) is 9.97. The Bertz CT molecular complexity index is 173. The van der Waals surface area contributed by atoms with Gasteiger partial charge in [-0.15, -0.1) is 0 Å². The van der Waals surface area contributed by atoms with Crippen LogP contribution >= 0.6 is 0 Å². The van der Waals surface area contributed by atoms with Crippen molar-refractivity contribution in [2.24, 2.45) is 23.7 Å². The second-order valence-corrected chi connectivity index (χ2v) is 5.91. The van der Waals surface area contributed by atoms with Crippen molar-refractivity contribution in [1.29, 1.82) is 0 Å². The molecule has 0 radical (unpaired) electrons. The average molecular weight is 194 g/mol. The summed E-state index contributed by atoms with van der Waals surface area (Å²) < 4.78 is 0. The molecule has 0 bridgehead atoms. The molecule has 4 unspecified atom stereocenters. The standard InChI is InChI=1S/C14H26/c1-11-5-3-6-13-7-4-8-14(13)10-9-12(11)2/h11-14H,3-10H2,1-2H3. The van der Waals surface area contributed by atoms with Gasteiger partial charge in [0.2, 0.25) is 0 Å². The minimum Gasteiger partial charge on any atom is -0.0623 e. The molecule has 0 aliphatic heterocycles. The molecule has 14 heavy (non-hydrogen) atoms. The topological polar surface area (TPSA) is 0 Å². The van der Waals surface area contributed by atoms with Gasteiger partial charge in [0.1, 0.15) is 0 Å². The summed E-state index contributed by atoms with van der Waals surface area (Å²) in [5.41, 5.74) is 0. The molecule has 0 spiro atoms. The van der Waals surface area contributed by atoms with E-state index in [2.05, 4.69) is 13.8 Å². The molecule has 2 saturated carbocycles. The molecular weight excluding hydrogens is 168 g/mol. The molecule has 0 N–H and O–H groups in total. The minimum absolute atomic E-state index is 0.980. The monoisotopic (exact) mass is 194 g/mol. The van der Waals surface area contributed by atoms with Crippen molar-refractivity contribution >= 4 is 0 Å². The van der Waals surface area contributed by atoms with Gasteiger partial charge in [-0.05, 0) is 30.1 Å². The third-order valence-electron chi connectivity index (χ3n) is 5.02. The van der Waals surface area contributed by atoms with Gasteiger partial charge in [-0.1, -0.05) is 58.8 Å². The van der Waals surface area contributed by atoms with Gasteiger partial charge in [-0.3, -0.25) is 0 Å². The van der Waals surface area contributed by atoms with E-state index < -0.39 is 0 Å². The van der Waals surface area contributed by atoms with Crippen LogP contribution in [-0.4, -0.2) is 0 Å². The lowest BCUT2D eigenvalue weighted by Gasteiger charge is -2.20. The van der Waals surface area contributed by atoms with Gasteiger partial charge in [-0.25, -0.2) is 0 Å². The maximum Gasteiger partial charge on any atom is -0.0386 e. The maximum absolute atomic E-state index is 2.47. The summed E-state index contributed by atoms with van der Waals surface area (Å²) in [6.45, 7) is 4.94. The molecule has 2 fully saturated rings. The molecule has 4 atom stereocenters. The van der Waals surface area contributed by atoms with Crippen LogP contribution < -0.4 is 0 Å². The van der Waals surface area contributed by atoms with Crippen molar-refractivity contribution < 1.29 is 0 Å². The van der Waals surface area contributed by atoms with Crippen molar-refractivity contribution in [3.8, 4) is 0 Å². The highest BCUT2D eigenvalue weighted by Gasteiger charge is 2.28. The summed E-state index contributed by atoms with van der Waals surface area (Å²) in [4.78, 5) is 0. The van der Waals surface area contributed by atoms with E-state index >= 15 is 0 Å². The van der Waals surface area contributed by atoms with Crippen molar-refractivity contribution in [3.63, 3.8) is 0 Å². The predicted octanol–water partition coefficient (Wildman–Crippen LogP) is 4.64. The summed E-state index contributed by atoms with van der Waals surface area (Å²) in [6, 6.07) is 0. The molecular formula is C14H26. The van der Waals surface area contributed by atoms with Gasteiger partial charge >= 0.3 is 0 Å². The molecule has 0 heteroatoms. The first-order valence-corrected chi connectivity index (χ1v) is 6.77. The molecule has 0 heterocycles. The smallest absolute Gasteiger partial charge is 0.0386 e. The Labute approximate surface area is 89.5 Å². The normalized spacial score (nSPS) is 45.0. The van der Waals surface area contributed by atoms with E-state index in [1.165, 1.54) is 32.1 Å². The summed E-state index contributed by atoms with van der Waals surface area (Å²) in [6.07, 6.45) is 12.2. The van der Waals surface area contributed by atoms with Crippen molar-refractivity contribution in [1.82, 2.24) is 0 Å². The van der Waals surface area contributed by atoms with Crippen LogP contribution in [0.3, 0.4) is 0 Å². The van der Waals surface area contributed by atoms with Gasteiger partial charge in [0.05, 0.1) is 0 Å². The molecule has 2 aliphatic rings. The first kappa shape index (κ1) is 10.5. The third-order valence-corrected chi connectivity index (χ3v) is 5.02. The molecule has 0 nitrogen and oxygen atoms in total. The lowest BCUT2D eigenvalue weighted by atomic mass is 9.86. The Hall–Kier alpha value is 0. The van der Waals surface area contributed by atoms with E-state index in [1.54, 1.807) is 19.3 Å². The predicted molar refractivity (Wildman–Crippen MR) is 62.2 cm³/mol. The van der Waals surface area contributed by atoms with Crippen molar-refractivity contribution in [3.05, 3.63) is 0 Å². The molecule has 0 aromatic rings. The van der Waals surface area contributed by atoms with Crippen LogP contribution in [0.1, 0.15) is 65.2 Å². The number of fused-ring (bicyclic) bond motifs is 1. The van der Waals surface area contributed by atoms with Crippen LogP contribution in [-0.2, 0) is 0 Å². The third kappa shape index (κ3) is 2.32. The van der Waals surface area contributed by atoms with Crippen molar-refractivity contribution in [2.75, 3.05) is 0 Å². The lowest BCUT2D eigenvalue weighted by Crippen LogP contribution is -2.09. The largest absolute Gasteiger partial charge is 0.0623 e. The van der Waals surface area contributed by atoms with Crippen LogP contribution in [0, 0.1) is 23.7 Å². The van der Waals surface area contributed by atoms with Crippen LogP contribution in [0.2, 0.25) is 0 Å². The van der Waals surface area contributed by atoms with Crippen LogP contribution in [0.5, 0.6) is 0 Å².